The van der Waals surface area contributed by atoms with E-state index in [1.54, 1.807) is 12.1 Å². The van der Waals surface area contributed by atoms with Crippen molar-refractivity contribution < 1.29 is 9.18 Å². The van der Waals surface area contributed by atoms with Crippen LogP contribution in [0, 0.1) is 24.6 Å². The molecule has 20 heavy (non-hydrogen) atoms. The number of rotatable bonds is 1. The number of nitrogens with zero attached hydrogens (tertiary/aromatic N) is 2. The van der Waals surface area contributed by atoms with Crippen molar-refractivity contribution in [3.63, 3.8) is 0 Å². The predicted octanol–water partition coefficient (Wildman–Crippen LogP) is 3.41. The quantitative estimate of drug-likeness (QED) is 0.797. The molecule has 2 aliphatic rings. The Labute approximate surface area is 116 Å². The second-order valence-corrected chi connectivity index (χ2v) is 6.25. The fourth-order valence-electron chi connectivity index (χ4n) is 4.21. The summed E-state index contributed by atoms with van der Waals surface area (Å²) in [6, 6.07) is 5.15. The van der Waals surface area contributed by atoms with E-state index >= 15 is 0 Å². The molecular formula is C16H17FN2O. The molecule has 104 valence electrons. The molecule has 0 radical (unpaired) electrons. The van der Waals surface area contributed by atoms with Crippen molar-refractivity contribution in [2.45, 2.75) is 38.6 Å². The third-order valence-corrected chi connectivity index (χ3v) is 4.99. The Balaban J connectivity index is 1.74. The van der Waals surface area contributed by atoms with Gasteiger partial charge in [0.25, 0.3) is 0 Å². The minimum absolute atomic E-state index is 0.216. The molecule has 3 atom stereocenters. The van der Waals surface area contributed by atoms with Gasteiger partial charge in [0.15, 0.2) is 0 Å². The van der Waals surface area contributed by atoms with E-state index in [1.807, 2.05) is 6.92 Å². The van der Waals surface area contributed by atoms with Crippen molar-refractivity contribution in [2.24, 2.45) is 11.8 Å². The molecule has 1 unspecified atom stereocenters. The largest absolute Gasteiger partial charge is 0.325 e. The third kappa shape index (κ3) is 1.70. The number of fused-ring (bicyclic) bond motifs is 2. The number of imidazole rings is 1. The van der Waals surface area contributed by atoms with Gasteiger partial charge in [-0.05, 0) is 49.8 Å². The molecule has 0 N–H and O–H groups in total. The summed E-state index contributed by atoms with van der Waals surface area (Å²) in [6.07, 6.45) is 3.53. The zero-order chi connectivity index (χ0) is 13.9. The van der Waals surface area contributed by atoms with Crippen molar-refractivity contribution in [1.29, 1.82) is 0 Å². The van der Waals surface area contributed by atoms with E-state index < -0.39 is 0 Å². The Hall–Kier alpha value is -1.71. The van der Waals surface area contributed by atoms with E-state index in [-0.39, 0.29) is 5.82 Å². The van der Waals surface area contributed by atoms with Gasteiger partial charge < -0.3 is 4.57 Å². The van der Waals surface area contributed by atoms with Crippen molar-refractivity contribution in [2.75, 3.05) is 0 Å². The van der Waals surface area contributed by atoms with Crippen LogP contribution in [0.3, 0.4) is 0 Å². The van der Waals surface area contributed by atoms with Crippen LogP contribution in [0.5, 0.6) is 0 Å². The Morgan fingerprint density at radius 3 is 2.65 bits per heavy atom. The minimum Gasteiger partial charge on any atom is -0.325 e. The first-order valence-corrected chi connectivity index (χ1v) is 7.27. The molecule has 2 aliphatic carbocycles. The smallest absolute Gasteiger partial charge is 0.133 e. The third-order valence-electron chi connectivity index (χ3n) is 4.99. The van der Waals surface area contributed by atoms with E-state index in [0.29, 0.717) is 23.7 Å². The standard InChI is InChI=1S/C16H17FN2O/c1-9-18-15-3-2-12(17)8-16(15)19(9)13-4-10-6-14(20)7-11(10)5-13/h2-3,8,10-11,13H,4-7H2,1H3/t10-,11+,13?. The number of Topliss-reactive ketones (excluding diaryl/α,β-unsaturated/α-hetero) is 1. The Morgan fingerprint density at radius 2 is 1.95 bits per heavy atom. The molecule has 4 rings (SSSR count). The zero-order valence-corrected chi connectivity index (χ0v) is 11.5. The van der Waals surface area contributed by atoms with Gasteiger partial charge in [-0.15, -0.1) is 0 Å². The van der Waals surface area contributed by atoms with Gasteiger partial charge >= 0.3 is 0 Å². The fraction of sp³-hybridized carbons (Fsp3) is 0.500. The molecule has 1 aromatic carbocycles. The predicted molar refractivity (Wildman–Crippen MR) is 73.9 cm³/mol. The second kappa shape index (κ2) is 4.14. The van der Waals surface area contributed by atoms with Crippen LogP contribution < -0.4 is 0 Å². The van der Waals surface area contributed by atoms with E-state index in [1.165, 1.54) is 6.07 Å². The zero-order valence-electron chi connectivity index (χ0n) is 11.5. The molecule has 0 bridgehead atoms. The second-order valence-electron chi connectivity index (χ2n) is 6.25. The van der Waals surface area contributed by atoms with Crippen LogP contribution in [-0.2, 0) is 4.79 Å². The van der Waals surface area contributed by atoms with Gasteiger partial charge in [-0.3, -0.25) is 4.79 Å². The van der Waals surface area contributed by atoms with Crippen LogP contribution in [0.4, 0.5) is 4.39 Å². The Morgan fingerprint density at radius 1 is 1.25 bits per heavy atom. The fourth-order valence-corrected chi connectivity index (χ4v) is 4.21. The van der Waals surface area contributed by atoms with Crippen LogP contribution in [0.2, 0.25) is 0 Å². The molecule has 3 nitrogen and oxygen atoms in total. The Bertz CT molecular complexity index is 690. The molecule has 2 aromatic rings. The lowest BCUT2D eigenvalue weighted by Crippen LogP contribution is -2.09. The summed E-state index contributed by atoms with van der Waals surface area (Å²) in [5.74, 6) is 2.20. The Kier molecular flexibility index (Phi) is 2.50. The van der Waals surface area contributed by atoms with Crippen LogP contribution in [0.25, 0.3) is 11.0 Å². The highest BCUT2D eigenvalue weighted by Crippen LogP contribution is 2.48. The van der Waals surface area contributed by atoms with Crippen molar-refractivity contribution in [3.05, 3.63) is 29.8 Å². The first-order chi connectivity index (χ1) is 9.61. The van der Waals surface area contributed by atoms with Crippen molar-refractivity contribution in [3.8, 4) is 0 Å². The molecule has 1 heterocycles. The number of aromatic nitrogens is 2. The number of ketones is 1. The molecule has 2 saturated carbocycles. The van der Waals surface area contributed by atoms with E-state index in [2.05, 4.69) is 9.55 Å². The number of hydrogen-bond acceptors (Lipinski definition) is 2. The maximum atomic E-state index is 13.5. The van der Waals surface area contributed by atoms with Crippen LogP contribution >= 0.6 is 0 Å². The topological polar surface area (TPSA) is 34.9 Å². The molecular weight excluding hydrogens is 255 g/mol. The molecule has 0 amide bonds. The van der Waals surface area contributed by atoms with Crippen LogP contribution in [0.1, 0.15) is 37.5 Å². The SMILES string of the molecule is Cc1nc2ccc(F)cc2n1C1C[C@H]2CC(=O)C[C@H]2C1. The first-order valence-electron chi connectivity index (χ1n) is 7.27. The summed E-state index contributed by atoms with van der Waals surface area (Å²) in [4.78, 5) is 16.0. The highest BCUT2D eigenvalue weighted by Gasteiger charge is 2.42. The highest BCUT2D eigenvalue weighted by atomic mass is 19.1. The molecule has 0 saturated heterocycles. The van der Waals surface area contributed by atoms with Gasteiger partial charge in [-0.25, -0.2) is 9.37 Å². The van der Waals surface area contributed by atoms with E-state index in [4.69, 9.17) is 0 Å². The molecule has 2 fully saturated rings. The summed E-state index contributed by atoms with van der Waals surface area (Å²) < 4.78 is 15.7. The van der Waals surface area contributed by atoms with E-state index in [9.17, 15) is 9.18 Å². The highest BCUT2D eigenvalue weighted by molar-refractivity contribution is 5.81. The lowest BCUT2D eigenvalue weighted by Gasteiger charge is -2.16. The normalized spacial score (nSPS) is 29.3. The van der Waals surface area contributed by atoms with Gasteiger partial charge in [0.05, 0.1) is 11.0 Å². The summed E-state index contributed by atoms with van der Waals surface area (Å²) in [5, 5.41) is 0. The van der Waals surface area contributed by atoms with Crippen LogP contribution in [-0.4, -0.2) is 15.3 Å². The van der Waals surface area contributed by atoms with Gasteiger partial charge in [0, 0.05) is 18.9 Å². The van der Waals surface area contributed by atoms with Crippen molar-refractivity contribution in [1.82, 2.24) is 9.55 Å². The summed E-state index contributed by atoms with van der Waals surface area (Å²) in [5.41, 5.74) is 1.75. The van der Waals surface area contributed by atoms with Crippen LogP contribution in [0.15, 0.2) is 18.2 Å². The van der Waals surface area contributed by atoms with Gasteiger partial charge in [0.2, 0.25) is 0 Å². The molecule has 0 aliphatic heterocycles. The number of hydrogen-bond donors (Lipinski definition) is 0. The number of benzene rings is 1. The summed E-state index contributed by atoms with van der Waals surface area (Å²) in [7, 11) is 0. The van der Waals surface area contributed by atoms with Gasteiger partial charge in [-0.2, -0.15) is 0 Å². The average molecular weight is 272 g/mol. The lowest BCUT2D eigenvalue weighted by molar-refractivity contribution is -0.117. The van der Waals surface area contributed by atoms with Gasteiger partial charge in [-0.1, -0.05) is 0 Å². The minimum atomic E-state index is -0.216. The summed E-state index contributed by atoms with van der Waals surface area (Å²) in [6.45, 7) is 1.98. The monoisotopic (exact) mass is 272 g/mol. The average Bonchev–Trinajstić information content (AvgIpc) is 2.98. The molecule has 4 heteroatoms. The summed E-state index contributed by atoms with van der Waals surface area (Å²) >= 11 is 0. The number of halogens is 1. The van der Waals surface area contributed by atoms with Crippen molar-refractivity contribution >= 4 is 16.8 Å². The first kappa shape index (κ1) is 12.1. The maximum absolute atomic E-state index is 13.5. The number of carbonyl (C=O) groups excluding carboxylic acids is 1. The molecule has 0 spiro atoms. The maximum Gasteiger partial charge on any atom is 0.133 e. The number of carbonyl (C=O) groups is 1. The van der Waals surface area contributed by atoms with E-state index in [0.717, 1.165) is 42.5 Å². The number of aryl methyl sites for hydroxylation is 1. The molecule has 1 aromatic heterocycles. The lowest BCUT2D eigenvalue weighted by atomic mass is 10.0. The van der Waals surface area contributed by atoms with Gasteiger partial charge in [0.1, 0.15) is 17.4 Å².